The molecule has 0 radical (unpaired) electrons. The lowest BCUT2D eigenvalue weighted by atomic mass is 9.60. The summed E-state index contributed by atoms with van der Waals surface area (Å²) in [7, 11) is 0. The number of nitrogens with one attached hydrogen (secondary N) is 1. The van der Waals surface area contributed by atoms with E-state index in [0.717, 1.165) is 31.6 Å². The zero-order valence-electron chi connectivity index (χ0n) is 14.3. The minimum absolute atomic E-state index is 0.104. The maximum absolute atomic E-state index is 6.46. The van der Waals surface area contributed by atoms with Crippen LogP contribution in [0.5, 0.6) is 0 Å². The molecule has 25 heavy (non-hydrogen) atoms. The van der Waals surface area contributed by atoms with E-state index in [-0.39, 0.29) is 5.41 Å². The van der Waals surface area contributed by atoms with Crippen molar-refractivity contribution in [3.8, 4) is 0 Å². The van der Waals surface area contributed by atoms with Crippen LogP contribution in [0.4, 0.5) is 5.69 Å². The lowest BCUT2D eigenvalue weighted by molar-refractivity contribution is 0.171. The van der Waals surface area contributed by atoms with Crippen LogP contribution in [0.1, 0.15) is 42.5 Å². The fraction of sp³-hybridized carbons (Fsp3) is 0.400. The second-order valence-corrected chi connectivity index (χ2v) is 7.85. The number of hydrogen-bond acceptors (Lipinski definition) is 4. The molecule has 3 N–H and O–H groups in total. The normalized spacial score (nSPS) is 32.0. The molecule has 1 aromatic carbocycles. The minimum Gasteiger partial charge on any atom is -0.398 e. The minimum atomic E-state index is -0.104. The third kappa shape index (κ3) is 1.91. The molecule has 3 atom stereocenters. The van der Waals surface area contributed by atoms with Crippen LogP contribution in [-0.4, -0.2) is 34.0 Å². The molecule has 5 heteroatoms. The summed E-state index contributed by atoms with van der Waals surface area (Å²) in [6, 6.07) is 8.80. The summed E-state index contributed by atoms with van der Waals surface area (Å²) in [5.41, 5.74) is 12.5. The van der Waals surface area contributed by atoms with E-state index in [0.29, 0.717) is 16.7 Å². The van der Waals surface area contributed by atoms with E-state index in [9.17, 15) is 0 Å². The van der Waals surface area contributed by atoms with Gasteiger partial charge in [-0.2, -0.15) is 0 Å². The monoisotopic (exact) mass is 350 g/mol. The van der Waals surface area contributed by atoms with Crippen molar-refractivity contribution in [1.82, 2.24) is 14.9 Å². The molecule has 0 spiro atoms. The van der Waals surface area contributed by atoms with Gasteiger partial charge in [0, 0.05) is 42.6 Å². The summed E-state index contributed by atoms with van der Waals surface area (Å²) in [4.78, 5) is 10.6. The first kappa shape index (κ1) is 15.3. The molecule has 128 valence electrons. The van der Waals surface area contributed by atoms with E-state index in [4.69, 9.17) is 18.0 Å². The zero-order chi connectivity index (χ0) is 17.2. The molecular formula is C20H22N4S. The van der Waals surface area contributed by atoms with Crippen LogP contribution < -0.4 is 5.73 Å². The molecule has 2 aromatic rings. The highest BCUT2D eigenvalue weighted by Gasteiger charge is 2.58. The number of nitrogens with zero attached hydrogens (tertiary/aromatic N) is 2. The van der Waals surface area contributed by atoms with E-state index in [2.05, 4.69) is 40.0 Å². The number of aromatic amines is 1. The summed E-state index contributed by atoms with van der Waals surface area (Å²) < 4.78 is 0.563. The average molecular weight is 350 g/mol. The number of anilines is 1. The molecule has 1 unspecified atom stereocenters. The summed E-state index contributed by atoms with van der Waals surface area (Å²) in [6.07, 6.45) is 6.49. The number of allylic oxidation sites excluding steroid dienone is 1. The van der Waals surface area contributed by atoms with Crippen LogP contribution in [0.25, 0.3) is 0 Å². The Hall–Kier alpha value is -1.98. The number of piperidine rings is 1. The largest absolute Gasteiger partial charge is 0.398 e. The maximum Gasteiger partial charge on any atom is 0.196 e. The van der Waals surface area contributed by atoms with Gasteiger partial charge in [0.2, 0.25) is 0 Å². The van der Waals surface area contributed by atoms with E-state index in [1.54, 1.807) is 0 Å². The number of H-pyrrole nitrogens is 1. The Morgan fingerprint density at radius 3 is 3.04 bits per heavy atom. The number of hydrogen-bond donors (Lipinski definition) is 2. The smallest absolute Gasteiger partial charge is 0.196 e. The molecule has 3 aliphatic rings. The fourth-order valence-electron chi connectivity index (χ4n) is 5.51. The van der Waals surface area contributed by atoms with Crippen molar-refractivity contribution < 1.29 is 0 Å². The van der Waals surface area contributed by atoms with Gasteiger partial charge in [-0.3, -0.25) is 4.90 Å². The van der Waals surface area contributed by atoms with Crippen molar-refractivity contribution in [2.75, 3.05) is 18.8 Å². The van der Waals surface area contributed by atoms with Gasteiger partial charge in [0.15, 0.2) is 4.77 Å². The highest BCUT2D eigenvalue weighted by atomic mass is 32.1. The summed E-state index contributed by atoms with van der Waals surface area (Å²) in [6.45, 7) is 4.29. The molecule has 2 fully saturated rings. The van der Waals surface area contributed by atoms with E-state index in [1.807, 2.05) is 18.3 Å². The van der Waals surface area contributed by atoms with E-state index in [1.165, 1.54) is 22.4 Å². The van der Waals surface area contributed by atoms with Crippen LogP contribution in [-0.2, 0) is 5.41 Å². The van der Waals surface area contributed by atoms with E-state index >= 15 is 0 Å². The predicted octanol–water partition coefficient (Wildman–Crippen LogP) is 3.53. The third-order valence-corrected chi connectivity index (χ3v) is 6.78. The van der Waals surface area contributed by atoms with Gasteiger partial charge in [-0.15, -0.1) is 0 Å². The third-order valence-electron chi connectivity index (χ3n) is 6.57. The highest BCUT2D eigenvalue weighted by molar-refractivity contribution is 7.71. The molecule has 1 aliphatic carbocycles. The van der Waals surface area contributed by atoms with Gasteiger partial charge < -0.3 is 10.7 Å². The fourth-order valence-corrected chi connectivity index (χ4v) is 5.67. The quantitative estimate of drug-likeness (QED) is 0.469. The van der Waals surface area contributed by atoms with Gasteiger partial charge in [0.05, 0.1) is 5.41 Å². The Labute approximate surface area is 152 Å². The molecule has 2 aliphatic heterocycles. The summed E-state index contributed by atoms with van der Waals surface area (Å²) >= 11 is 5.41. The van der Waals surface area contributed by atoms with Gasteiger partial charge in [-0.05, 0) is 49.2 Å². The number of aromatic nitrogens is 2. The maximum atomic E-state index is 6.46. The highest BCUT2D eigenvalue weighted by Crippen LogP contribution is 2.58. The zero-order valence-corrected chi connectivity index (χ0v) is 15.1. The van der Waals surface area contributed by atoms with Crippen LogP contribution in [0, 0.1) is 4.77 Å². The van der Waals surface area contributed by atoms with Crippen LogP contribution in [0.2, 0.25) is 0 Å². The first-order valence-electron chi connectivity index (χ1n) is 8.99. The van der Waals surface area contributed by atoms with E-state index < -0.39 is 0 Å². The number of nitrogens with two attached hydrogens (primary N) is 1. The predicted molar refractivity (Wildman–Crippen MR) is 102 cm³/mol. The van der Waals surface area contributed by atoms with Gasteiger partial charge >= 0.3 is 0 Å². The lowest BCUT2D eigenvalue weighted by Crippen LogP contribution is -2.52. The molecule has 4 nitrogen and oxygen atoms in total. The lowest BCUT2D eigenvalue weighted by Gasteiger charge is -2.50. The SMILES string of the molecule is C/C=C1/CN2CC[C@]3(c4ccccc4N)c4[nH]c(=S)ncc4[C@H]1CC23. The Balaban J connectivity index is 1.86. The van der Waals surface area contributed by atoms with Crippen molar-refractivity contribution in [1.29, 1.82) is 0 Å². The van der Waals surface area contributed by atoms with Crippen LogP contribution in [0.3, 0.4) is 0 Å². The average Bonchev–Trinajstić information content (AvgIpc) is 3.03. The summed E-state index contributed by atoms with van der Waals surface area (Å²) in [5.74, 6) is 0.441. The van der Waals surface area contributed by atoms with Gasteiger partial charge in [-0.1, -0.05) is 29.8 Å². The van der Waals surface area contributed by atoms with Crippen molar-refractivity contribution >= 4 is 17.9 Å². The first-order chi connectivity index (χ1) is 12.1. The summed E-state index contributed by atoms with van der Waals surface area (Å²) in [5, 5.41) is 0. The number of fused-ring (bicyclic) bond motifs is 4. The Bertz CT molecular complexity index is 947. The van der Waals surface area contributed by atoms with Gasteiger partial charge in [-0.25, -0.2) is 4.98 Å². The molecule has 0 amide bonds. The molecule has 3 heterocycles. The number of para-hydroxylation sites is 1. The Morgan fingerprint density at radius 2 is 2.24 bits per heavy atom. The second kappa shape index (κ2) is 5.26. The molecule has 2 bridgehead atoms. The van der Waals surface area contributed by atoms with Crippen molar-refractivity contribution in [2.24, 2.45) is 0 Å². The van der Waals surface area contributed by atoms with Crippen molar-refractivity contribution in [3.63, 3.8) is 0 Å². The molecule has 1 aromatic heterocycles. The first-order valence-corrected chi connectivity index (χ1v) is 9.40. The van der Waals surface area contributed by atoms with Gasteiger partial charge in [0.1, 0.15) is 0 Å². The van der Waals surface area contributed by atoms with Crippen molar-refractivity contribution in [2.45, 2.75) is 37.1 Å². The van der Waals surface area contributed by atoms with Gasteiger partial charge in [0.25, 0.3) is 0 Å². The molecule has 5 rings (SSSR count). The standard InChI is InChI=1S/C20H22N4S/c1-2-12-11-24-8-7-20(15-5-3-4-6-16(15)21)17(24)9-13(12)14-10-22-19(25)23-18(14)20/h2-6,10,13,17H,7-9,11,21H2,1H3,(H,22,23,25)/b12-2-/t13-,17?,20+/m0/s1. The topological polar surface area (TPSA) is 57.9 Å². The van der Waals surface area contributed by atoms with Crippen molar-refractivity contribution in [3.05, 3.63) is 63.7 Å². The molecule has 0 saturated carbocycles. The number of benzene rings is 1. The number of rotatable bonds is 1. The second-order valence-electron chi connectivity index (χ2n) is 7.47. The van der Waals surface area contributed by atoms with Crippen LogP contribution in [0.15, 0.2) is 42.1 Å². The molecule has 2 saturated heterocycles. The Kier molecular flexibility index (Phi) is 3.21. The Morgan fingerprint density at radius 1 is 1.40 bits per heavy atom. The van der Waals surface area contributed by atoms with Crippen LogP contribution >= 0.6 is 12.2 Å². The number of nitrogen functional groups attached to an aromatic ring is 1. The molecular weight excluding hydrogens is 328 g/mol.